The fourth-order valence-electron chi connectivity index (χ4n) is 1.06. The van der Waals surface area contributed by atoms with Gasteiger partial charge in [0.15, 0.2) is 11.4 Å². The third-order valence-corrected chi connectivity index (χ3v) is 1.86. The molecule has 0 aliphatic heterocycles. The van der Waals surface area contributed by atoms with E-state index in [1.807, 2.05) is 0 Å². The molecule has 1 aromatic heterocycles. The highest BCUT2D eigenvalue weighted by atomic mass is 35.5. The summed E-state index contributed by atoms with van der Waals surface area (Å²) in [5.74, 6) is -1.50. The third kappa shape index (κ3) is 3.39. The molecule has 0 bridgehead atoms. The Bertz CT molecular complexity index is 436. The molecule has 0 saturated carbocycles. The summed E-state index contributed by atoms with van der Waals surface area (Å²) in [5.41, 5.74) is -0.437. The molecule has 0 N–H and O–H groups in total. The molecule has 6 nitrogen and oxygen atoms in total. The summed E-state index contributed by atoms with van der Waals surface area (Å²) in [6, 6.07) is 0. The van der Waals surface area contributed by atoms with Crippen molar-refractivity contribution >= 4 is 23.5 Å². The van der Waals surface area contributed by atoms with E-state index in [9.17, 15) is 9.59 Å². The van der Waals surface area contributed by atoms with Gasteiger partial charge in [-0.15, -0.1) is 0 Å². The second-order valence-corrected chi connectivity index (χ2v) is 3.22. The van der Waals surface area contributed by atoms with Crippen LogP contribution in [0.15, 0.2) is 6.20 Å². The monoisotopic (exact) mass is 258 g/mol. The van der Waals surface area contributed by atoms with Gasteiger partial charge in [0, 0.05) is 0 Å². The minimum absolute atomic E-state index is 0.00102. The van der Waals surface area contributed by atoms with Gasteiger partial charge in [-0.3, -0.25) is 0 Å². The lowest BCUT2D eigenvalue weighted by atomic mass is 10.3. The van der Waals surface area contributed by atoms with Gasteiger partial charge in [-0.2, -0.15) is 0 Å². The van der Waals surface area contributed by atoms with Crippen LogP contribution in [0.3, 0.4) is 0 Å². The number of rotatable bonds is 4. The van der Waals surface area contributed by atoms with E-state index < -0.39 is 11.9 Å². The summed E-state index contributed by atoms with van der Waals surface area (Å²) in [4.78, 5) is 30.5. The molecule has 0 atom stereocenters. The van der Waals surface area contributed by atoms with Crippen molar-refractivity contribution in [2.45, 2.75) is 13.8 Å². The molecule has 0 spiro atoms. The van der Waals surface area contributed by atoms with Crippen molar-refractivity contribution in [3.05, 3.63) is 22.7 Å². The van der Waals surface area contributed by atoms with Crippen LogP contribution in [0, 0.1) is 0 Å². The van der Waals surface area contributed by atoms with Crippen LogP contribution in [-0.2, 0) is 9.47 Å². The highest BCUT2D eigenvalue weighted by molar-refractivity contribution is 6.29. The van der Waals surface area contributed by atoms with Gasteiger partial charge in [-0.05, 0) is 13.8 Å². The molecule has 1 heterocycles. The average Bonchev–Trinajstić information content (AvgIpc) is 2.29. The van der Waals surface area contributed by atoms with Crippen molar-refractivity contribution in [3.63, 3.8) is 0 Å². The predicted molar refractivity (Wildman–Crippen MR) is 59.0 cm³/mol. The molecule has 92 valence electrons. The van der Waals surface area contributed by atoms with Gasteiger partial charge in [0.05, 0.1) is 19.4 Å². The Labute approximate surface area is 103 Å². The molecule has 7 heteroatoms. The van der Waals surface area contributed by atoms with E-state index in [4.69, 9.17) is 21.1 Å². The quantitative estimate of drug-likeness (QED) is 0.761. The van der Waals surface area contributed by atoms with Gasteiger partial charge in [0.25, 0.3) is 0 Å². The Hall–Kier alpha value is -1.69. The normalized spacial score (nSPS) is 9.82. The lowest BCUT2D eigenvalue weighted by Gasteiger charge is -2.06. The Kier molecular flexibility index (Phi) is 4.84. The summed E-state index contributed by atoms with van der Waals surface area (Å²) in [6.45, 7) is 3.62. The first-order valence-corrected chi connectivity index (χ1v) is 5.34. The summed E-state index contributed by atoms with van der Waals surface area (Å²) in [7, 11) is 0. The molecule has 0 saturated heterocycles. The van der Waals surface area contributed by atoms with E-state index in [2.05, 4.69) is 9.97 Å². The number of carbonyl (C=O) groups excluding carboxylic acids is 2. The Balaban J connectivity index is 3.11. The van der Waals surface area contributed by atoms with Crippen molar-refractivity contribution in [1.29, 1.82) is 0 Å². The van der Waals surface area contributed by atoms with Crippen LogP contribution in [0.4, 0.5) is 0 Å². The minimum atomic E-state index is -0.759. The molecule has 1 rings (SSSR count). The summed E-state index contributed by atoms with van der Waals surface area (Å²) < 4.78 is 9.49. The summed E-state index contributed by atoms with van der Waals surface area (Å²) in [5, 5.41) is 0.00102. The minimum Gasteiger partial charge on any atom is -0.461 e. The molecule has 1 aromatic rings. The van der Waals surface area contributed by atoms with Crippen molar-refractivity contribution in [1.82, 2.24) is 9.97 Å². The van der Waals surface area contributed by atoms with Gasteiger partial charge < -0.3 is 9.47 Å². The fraction of sp³-hybridized carbons (Fsp3) is 0.400. The van der Waals surface area contributed by atoms with Crippen LogP contribution < -0.4 is 0 Å². The zero-order chi connectivity index (χ0) is 12.8. The maximum Gasteiger partial charge on any atom is 0.359 e. The number of aromatic nitrogens is 2. The SMILES string of the molecule is CCOC(=O)c1ncc(Cl)nc1C(=O)OCC. The zero-order valence-corrected chi connectivity index (χ0v) is 10.2. The van der Waals surface area contributed by atoms with Gasteiger partial charge in [0.1, 0.15) is 5.15 Å². The fourth-order valence-corrected chi connectivity index (χ4v) is 1.19. The number of hydrogen-bond acceptors (Lipinski definition) is 6. The van der Waals surface area contributed by atoms with Crippen LogP contribution in [0.2, 0.25) is 5.15 Å². The number of nitrogens with zero attached hydrogens (tertiary/aromatic N) is 2. The summed E-state index contributed by atoms with van der Waals surface area (Å²) >= 11 is 5.61. The van der Waals surface area contributed by atoms with E-state index >= 15 is 0 Å². The molecule has 17 heavy (non-hydrogen) atoms. The van der Waals surface area contributed by atoms with Crippen LogP contribution in [0.5, 0.6) is 0 Å². The highest BCUT2D eigenvalue weighted by Crippen LogP contribution is 2.11. The van der Waals surface area contributed by atoms with Crippen molar-refractivity contribution in [2.75, 3.05) is 13.2 Å². The lowest BCUT2D eigenvalue weighted by Crippen LogP contribution is -2.17. The molecule has 0 aliphatic rings. The maximum atomic E-state index is 11.5. The Morgan fingerprint density at radius 2 is 1.71 bits per heavy atom. The average molecular weight is 259 g/mol. The molecule has 0 amide bonds. The second-order valence-electron chi connectivity index (χ2n) is 2.83. The van der Waals surface area contributed by atoms with E-state index in [-0.39, 0.29) is 29.8 Å². The Morgan fingerprint density at radius 3 is 2.24 bits per heavy atom. The van der Waals surface area contributed by atoms with E-state index in [1.165, 1.54) is 0 Å². The van der Waals surface area contributed by atoms with Gasteiger partial charge in [-0.1, -0.05) is 11.6 Å². The Morgan fingerprint density at radius 1 is 1.18 bits per heavy atom. The van der Waals surface area contributed by atoms with E-state index in [0.29, 0.717) is 0 Å². The van der Waals surface area contributed by atoms with Crippen LogP contribution in [0.1, 0.15) is 34.8 Å². The number of ether oxygens (including phenoxy) is 2. The smallest absolute Gasteiger partial charge is 0.359 e. The summed E-state index contributed by atoms with van der Waals surface area (Å²) in [6.07, 6.45) is 1.16. The van der Waals surface area contributed by atoms with E-state index in [0.717, 1.165) is 6.20 Å². The van der Waals surface area contributed by atoms with Gasteiger partial charge in [-0.25, -0.2) is 19.6 Å². The standard InChI is InChI=1S/C10H11ClN2O4/c1-3-16-9(14)7-8(10(15)17-4-2)13-6(11)5-12-7/h5H,3-4H2,1-2H3. The molecule has 0 fully saturated rings. The predicted octanol–water partition coefficient (Wildman–Crippen LogP) is 1.48. The first kappa shape index (κ1) is 13.4. The van der Waals surface area contributed by atoms with Crippen molar-refractivity contribution < 1.29 is 19.1 Å². The topological polar surface area (TPSA) is 78.4 Å². The molecule has 0 unspecified atom stereocenters. The van der Waals surface area contributed by atoms with Crippen LogP contribution in [0.25, 0.3) is 0 Å². The molecular weight excluding hydrogens is 248 g/mol. The number of carbonyl (C=O) groups is 2. The van der Waals surface area contributed by atoms with Gasteiger partial charge in [0.2, 0.25) is 0 Å². The van der Waals surface area contributed by atoms with Crippen LogP contribution in [-0.4, -0.2) is 35.1 Å². The third-order valence-electron chi connectivity index (χ3n) is 1.68. The maximum absolute atomic E-state index is 11.5. The van der Waals surface area contributed by atoms with Crippen molar-refractivity contribution in [3.8, 4) is 0 Å². The first-order chi connectivity index (χ1) is 8.10. The number of esters is 2. The van der Waals surface area contributed by atoms with Crippen LogP contribution >= 0.6 is 11.6 Å². The largest absolute Gasteiger partial charge is 0.461 e. The lowest BCUT2D eigenvalue weighted by molar-refractivity contribution is 0.0467. The molecule has 0 aliphatic carbocycles. The van der Waals surface area contributed by atoms with E-state index in [1.54, 1.807) is 13.8 Å². The molecular formula is C10H11ClN2O4. The zero-order valence-electron chi connectivity index (χ0n) is 9.40. The highest BCUT2D eigenvalue weighted by Gasteiger charge is 2.23. The molecule has 0 radical (unpaired) electrons. The number of halogens is 1. The van der Waals surface area contributed by atoms with Crippen molar-refractivity contribution in [2.24, 2.45) is 0 Å². The second kappa shape index (κ2) is 6.15. The number of hydrogen-bond donors (Lipinski definition) is 0. The first-order valence-electron chi connectivity index (χ1n) is 4.96. The van der Waals surface area contributed by atoms with Gasteiger partial charge >= 0.3 is 11.9 Å². The molecule has 0 aromatic carbocycles.